The zero-order valence-corrected chi connectivity index (χ0v) is 39.5. The van der Waals surface area contributed by atoms with Crippen molar-refractivity contribution in [2.45, 2.75) is 236 Å². The van der Waals surface area contributed by atoms with E-state index in [0.29, 0.717) is 38.5 Å². The number of methoxy groups -OCH3 is 1. The van der Waals surface area contributed by atoms with Crippen molar-refractivity contribution in [1.29, 1.82) is 0 Å². The minimum absolute atomic E-state index is 0.0237. The van der Waals surface area contributed by atoms with Crippen molar-refractivity contribution in [3.63, 3.8) is 0 Å². The molecule has 13 heteroatoms. The summed E-state index contributed by atoms with van der Waals surface area (Å²) in [5.74, 6) is -3.18. The van der Waals surface area contributed by atoms with Crippen molar-refractivity contribution in [2.75, 3.05) is 7.11 Å². The second-order valence-electron chi connectivity index (χ2n) is 18.2. The largest absolute Gasteiger partial charge is 0.481 e. The van der Waals surface area contributed by atoms with Crippen LogP contribution in [0, 0.1) is 11.8 Å². The van der Waals surface area contributed by atoms with Gasteiger partial charge >= 0.3 is 5.97 Å². The minimum Gasteiger partial charge on any atom is -0.481 e. The molecule has 0 unspecified atom stereocenters. The fourth-order valence-corrected chi connectivity index (χ4v) is 15.8. The molecule has 1 N–H and O–H groups in total. The average Bonchev–Trinajstić information content (AvgIpc) is 3.18. The van der Waals surface area contributed by atoms with Crippen LogP contribution in [0.1, 0.15) is 133 Å². The first-order valence-corrected chi connectivity index (χ1v) is 27.7. The van der Waals surface area contributed by atoms with Gasteiger partial charge in [0.25, 0.3) is 0 Å². The van der Waals surface area contributed by atoms with Gasteiger partial charge in [0, 0.05) is 45.1 Å². The summed E-state index contributed by atoms with van der Waals surface area (Å²) in [5, 5.41) is 9.35. The van der Waals surface area contributed by atoms with E-state index in [2.05, 4.69) is 62.0 Å². The van der Waals surface area contributed by atoms with Crippen LogP contribution >= 0.6 is 0 Å². The molecule has 0 aromatic carbocycles. The molecule has 4 aliphatic heterocycles. The molecule has 0 radical (unpaired) electrons. The second kappa shape index (κ2) is 21.2. The van der Waals surface area contributed by atoms with E-state index < -0.39 is 46.4 Å². The number of rotatable bonds is 21. The highest BCUT2D eigenvalue weighted by molar-refractivity contribution is 6.74. The Morgan fingerprint density at radius 1 is 0.877 bits per heavy atom. The first-order valence-electron chi connectivity index (χ1n) is 22.6. The van der Waals surface area contributed by atoms with Crippen molar-refractivity contribution < 1.29 is 52.0 Å². The fraction of sp³-hybridized carbons (Fsp3) is 0.909. The quantitative estimate of drug-likeness (QED) is 0.0877. The van der Waals surface area contributed by atoms with E-state index in [1.807, 2.05) is 19.9 Å². The Kier molecular flexibility index (Phi) is 18.1. The van der Waals surface area contributed by atoms with Gasteiger partial charge in [-0.3, -0.25) is 9.59 Å². The van der Waals surface area contributed by atoms with E-state index >= 15 is 0 Å². The van der Waals surface area contributed by atoms with Crippen LogP contribution in [0.3, 0.4) is 0 Å². The summed E-state index contributed by atoms with van der Waals surface area (Å²) in [6.07, 6.45) is 5.23. The number of carbonyl (C=O) groups excluding carboxylic acids is 1. The molecule has 12 atom stereocenters. The number of hydrogen-bond acceptors (Lipinski definition) is 10. The first-order chi connectivity index (χ1) is 27.0. The Hall–Kier alpha value is -1.01. The van der Waals surface area contributed by atoms with Crippen LogP contribution in [0.25, 0.3) is 0 Å². The lowest BCUT2D eigenvalue weighted by atomic mass is 9.82. The summed E-state index contributed by atoms with van der Waals surface area (Å²) in [4.78, 5) is 25.8. The van der Waals surface area contributed by atoms with Crippen LogP contribution in [-0.4, -0.2) is 107 Å². The van der Waals surface area contributed by atoms with E-state index in [1.54, 1.807) is 7.11 Å². The summed E-state index contributed by atoms with van der Waals surface area (Å²) in [6.45, 7) is 25.9. The Labute approximate surface area is 347 Å². The van der Waals surface area contributed by atoms with Crippen LogP contribution in [0.2, 0.25) is 36.3 Å². The standard InChI is InChI=1S/C44H80O11Si2/c1-13-30(8)40(54-56(14-2,15-3)16-4)42(55-57(17-5,18-6)19-7)41-36(48-12)23-24-44(53-41)38(45)25-31(9)37(52-44)28-35-27-34(50-43(10,11)51-35)26-32-21-20-22-33(49-32)29-39(46)47/h13,30-37,40-42H,1,14-29H2,2-12H3,(H,46,47)/t30-,31-,32+,33-,34+,35-,36-,37+,40-,41-,42-,44+/m1/s1. The van der Waals surface area contributed by atoms with E-state index in [0.717, 1.165) is 55.5 Å². The predicted molar refractivity (Wildman–Crippen MR) is 227 cm³/mol. The molecule has 4 fully saturated rings. The lowest BCUT2D eigenvalue weighted by molar-refractivity contribution is -0.337. The van der Waals surface area contributed by atoms with Gasteiger partial charge in [-0.1, -0.05) is 61.5 Å². The lowest BCUT2D eigenvalue weighted by Crippen LogP contribution is -2.65. The normalized spacial score (nSPS) is 34.1. The Morgan fingerprint density at radius 2 is 1.46 bits per heavy atom. The third-order valence-electron chi connectivity index (χ3n) is 14.1. The van der Waals surface area contributed by atoms with Crippen molar-refractivity contribution in [3.8, 4) is 0 Å². The van der Waals surface area contributed by atoms with Gasteiger partial charge in [0.2, 0.25) is 5.79 Å². The molecule has 4 saturated heterocycles. The van der Waals surface area contributed by atoms with Crippen molar-refractivity contribution >= 4 is 28.4 Å². The molecule has 4 rings (SSSR count). The van der Waals surface area contributed by atoms with Gasteiger partial charge < -0.3 is 42.4 Å². The molecular weight excluding hydrogens is 761 g/mol. The Morgan fingerprint density at radius 3 is 2.02 bits per heavy atom. The lowest BCUT2D eigenvalue weighted by Gasteiger charge is -2.53. The van der Waals surface area contributed by atoms with Gasteiger partial charge in [-0.05, 0) is 81.7 Å². The van der Waals surface area contributed by atoms with Crippen LogP contribution in [0.15, 0.2) is 12.7 Å². The van der Waals surface area contributed by atoms with Crippen LogP contribution in [-0.2, 0) is 46.9 Å². The van der Waals surface area contributed by atoms with Crippen molar-refractivity contribution in [3.05, 3.63) is 12.7 Å². The maximum atomic E-state index is 14.4. The minimum atomic E-state index is -2.24. The third-order valence-corrected chi connectivity index (χ3v) is 23.4. The monoisotopic (exact) mass is 841 g/mol. The Balaban J connectivity index is 1.63. The molecule has 330 valence electrons. The van der Waals surface area contributed by atoms with E-state index in [9.17, 15) is 14.7 Å². The molecule has 1 spiro atoms. The molecule has 57 heavy (non-hydrogen) atoms. The molecule has 0 aromatic heterocycles. The second-order valence-corrected chi connectivity index (χ2v) is 27.6. The van der Waals surface area contributed by atoms with E-state index in [-0.39, 0.29) is 66.8 Å². The summed E-state index contributed by atoms with van der Waals surface area (Å²) < 4.78 is 54.6. The number of aliphatic carboxylic acids is 1. The van der Waals surface area contributed by atoms with Crippen LogP contribution in [0.5, 0.6) is 0 Å². The highest BCUT2D eigenvalue weighted by atomic mass is 28.4. The van der Waals surface area contributed by atoms with Crippen LogP contribution < -0.4 is 0 Å². The van der Waals surface area contributed by atoms with Gasteiger partial charge in [-0.25, -0.2) is 0 Å². The molecule has 4 heterocycles. The number of carbonyl (C=O) groups is 2. The number of Topliss-reactive ketones (excluding diaryl/α,β-unsaturated/α-hetero) is 1. The third kappa shape index (κ3) is 12.1. The molecule has 4 aliphatic rings. The predicted octanol–water partition coefficient (Wildman–Crippen LogP) is 9.58. The molecule has 0 saturated carbocycles. The molecular formula is C44H80O11Si2. The van der Waals surface area contributed by atoms with E-state index in [4.69, 9.17) is 37.3 Å². The maximum Gasteiger partial charge on any atom is 0.305 e. The Bertz CT molecular complexity index is 1270. The fourth-order valence-electron chi connectivity index (χ4n) is 10.0. The summed E-state index contributed by atoms with van der Waals surface area (Å²) in [6, 6.07) is 5.89. The topological polar surface area (TPSA) is 128 Å². The first kappa shape index (κ1) is 48.7. The summed E-state index contributed by atoms with van der Waals surface area (Å²) in [7, 11) is -2.64. The highest BCUT2D eigenvalue weighted by Crippen LogP contribution is 2.45. The van der Waals surface area contributed by atoms with Gasteiger partial charge in [-0.15, -0.1) is 6.58 Å². The number of carboxylic acids is 1. The number of carboxylic acid groups (broad SMARTS) is 1. The zero-order valence-electron chi connectivity index (χ0n) is 37.5. The number of ketones is 1. The van der Waals surface area contributed by atoms with Crippen LogP contribution in [0.4, 0.5) is 0 Å². The number of hydrogen-bond donors (Lipinski definition) is 1. The molecule has 0 bridgehead atoms. The highest BCUT2D eigenvalue weighted by Gasteiger charge is 2.57. The molecule has 0 aliphatic carbocycles. The van der Waals surface area contributed by atoms with Crippen molar-refractivity contribution in [1.82, 2.24) is 0 Å². The van der Waals surface area contributed by atoms with Gasteiger partial charge in [0.05, 0.1) is 55.3 Å². The molecule has 0 aromatic rings. The molecule has 11 nitrogen and oxygen atoms in total. The molecule has 0 amide bonds. The zero-order chi connectivity index (χ0) is 42.2. The van der Waals surface area contributed by atoms with Crippen molar-refractivity contribution in [2.24, 2.45) is 11.8 Å². The average molecular weight is 841 g/mol. The maximum absolute atomic E-state index is 14.4. The van der Waals surface area contributed by atoms with E-state index in [1.165, 1.54) is 0 Å². The number of ether oxygens (including phenoxy) is 6. The smallest absolute Gasteiger partial charge is 0.305 e. The summed E-state index contributed by atoms with van der Waals surface area (Å²) in [5.41, 5.74) is 0. The van der Waals surface area contributed by atoms with Gasteiger partial charge in [0.1, 0.15) is 6.10 Å². The summed E-state index contributed by atoms with van der Waals surface area (Å²) >= 11 is 0. The SMILES string of the molecule is C=C[C@@H](C)[C@@H](O[Si](CC)(CC)CC)[C@@H](O[Si](CC)(CC)CC)[C@@H]1O[C@]2(CC[C@H]1OC)O[C@@H](C[C@H]1C[C@H](C[C@@H]3CCC[C@H](CC(=O)O)O3)OC(C)(C)O1)[C@H](C)CC2=O. The van der Waals surface area contributed by atoms with Gasteiger partial charge in [-0.2, -0.15) is 0 Å². The van der Waals surface area contributed by atoms with Gasteiger partial charge in [0.15, 0.2) is 28.2 Å².